The number of nitrogens with zero attached hydrogens (tertiary/aromatic N) is 1. The molecule has 2 rings (SSSR count). The number of ether oxygens (including phenoxy) is 1. The van der Waals surface area contributed by atoms with E-state index in [9.17, 15) is 0 Å². The summed E-state index contributed by atoms with van der Waals surface area (Å²) in [4.78, 5) is 2.62. The number of nitrogens with one attached hydrogen (secondary N) is 1. The summed E-state index contributed by atoms with van der Waals surface area (Å²) in [6, 6.07) is 0.733. The molecule has 1 unspecified atom stereocenters. The van der Waals surface area contributed by atoms with Gasteiger partial charge in [-0.15, -0.1) is 0 Å². The number of piperidine rings is 1. The molecule has 0 spiro atoms. The number of rotatable bonds is 6. The van der Waals surface area contributed by atoms with Crippen molar-refractivity contribution in [3.63, 3.8) is 0 Å². The number of hydrogen-bond donors (Lipinski definition) is 1. The van der Waals surface area contributed by atoms with Crippen molar-refractivity contribution in [1.82, 2.24) is 10.2 Å². The normalized spacial score (nSPS) is 27.7. The lowest BCUT2D eigenvalue weighted by Gasteiger charge is -2.32. The third kappa shape index (κ3) is 4.57. The van der Waals surface area contributed by atoms with Crippen LogP contribution in [-0.4, -0.2) is 49.8 Å². The predicted molar refractivity (Wildman–Crippen MR) is 71.3 cm³/mol. The van der Waals surface area contributed by atoms with Crippen LogP contribution in [0.25, 0.3) is 0 Å². The maximum absolute atomic E-state index is 5.65. The van der Waals surface area contributed by atoms with Crippen LogP contribution in [0.2, 0.25) is 0 Å². The van der Waals surface area contributed by atoms with E-state index in [0.29, 0.717) is 6.10 Å². The van der Waals surface area contributed by atoms with Crippen LogP contribution in [0.3, 0.4) is 0 Å². The first-order valence-corrected chi connectivity index (χ1v) is 7.46. The average Bonchev–Trinajstić information content (AvgIpc) is 2.88. The third-order valence-corrected chi connectivity index (χ3v) is 4.07. The Morgan fingerprint density at radius 1 is 1.24 bits per heavy atom. The minimum absolute atomic E-state index is 0.494. The SMILES string of the molecule is CCCCN1CCC(NCC2CCCO2)CC1. The molecule has 0 bridgehead atoms. The summed E-state index contributed by atoms with van der Waals surface area (Å²) in [5.74, 6) is 0. The van der Waals surface area contributed by atoms with Gasteiger partial charge in [0, 0.05) is 19.2 Å². The van der Waals surface area contributed by atoms with Gasteiger partial charge >= 0.3 is 0 Å². The fourth-order valence-electron chi connectivity index (χ4n) is 2.85. The molecule has 17 heavy (non-hydrogen) atoms. The quantitative estimate of drug-likeness (QED) is 0.769. The van der Waals surface area contributed by atoms with E-state index >= 15 is 0 Å². The first kappa shape index (κ1) is 13.3. The Hall–Kier alpha value is -0.120. The average molecular weight is 240 g/mol. The first-order chi connectivity index (χ1) is 8.38. The van der Waals surface area contributed by atoms with E-state index in [1.165, 1.54) is 58.2 Å². The van der Waals surface area contributed by atoms with E-state index in [-0.39, 0.29) is 0 Å². The van der Waals surface area contributed by atoms with Crippen molar-refractivity contribution in [2.75, 3.05) is 32.8 Å². The highest BCUT2D eigenvalue weighted by molar-refractivity contribution is 4.79. The topological polar surface area (TPSA) is 24.5 Å². The van der Waals surface area contributed by atoms with E-state index in [2.05, 4.69) is 17.1 Å². The second kappa shape index (κ2) is 7.34. The summed E-state index contributed by atoms with van der Waals surface area (Å²) >= 11 is 0. The van der Waals surface area contributed by atoms with E-state index in [1.807, 2.05) is 0 Å². The maximum Gasteiger partial charge on any atom is 0.0700 e. The zero-order chi connectivity index (χ0) is 11.9. The van der Waals surface area contributed by atoms with Crippen LogP contribution in [0.4, 0.5) is 0 Å². The van der Waals surface area contributed by atoms with E-state index < -0.39 is 0 Å². The van der Waals surface area contributed by atoms with Gasteiger partial charge in [0.25, 0.3) is 0 Å². The Kier molecular flexibility index (Phi) is 5.75. The van der Waals surface area contributed by atoms with Crippen molar-refractivity contribution in [3.8, 4) is 0 Å². The minimum atomic E-state index is 0.494. The Bertz CT molecular complexity index is 196. The molecule has 0 saturated carbocycles. The molecule has 1 N–H and O–H groups in total. The molecule has 2 fully saturated rings. The first-order valence-electron chi connectivity index (χ1n) is 7.46. The lowest BCUT2D eigenvalue weighted by molar-refractivity contribution is 0.102. The van der Waals surface area contributed by atoms with Gasteiger partial charge in [-0.25, -0.2) is 0 Å². The Balaban J connectivity index is 1.55. The van der Waals surface area contributed by atoms with Crippen LogP contribution in [0, 0.1) is 0 Å². The standard InChI is InChI=1S/C14H28N2O/c1-2-3-8-16-9-6-13(7-10-16)15-12-14-5-4-11-17-14/h13-15H,2-12H2,1H3. The van der Waals surface area contributed by atoms with Crippen molar-refractivity contribution in [2.24, 2.45) is 0 Å². The summed E-state index contributed by atoms with van der Waals surface area (Å²) in [6.07, 6.45) is 8.30. The van der Waals surface area contributed by atoms with Gasteiger partial charge in [-0.2, -0.15) is 0 Å². The summed E-state index contributed by atoms with van der Waals surface area (Å²) in [6.45, 7) is 8.18. The Morgan fingerprint density at radius 2 is 2.06 bits per heavy atom. The van der Waals surface area contributed by atoms with E-state index in [1.54, 1.807) is 0 Å². The predicted octanol–water partition coefficient (Wildman–Crippen LogP) is 2.02. The maximum atomic E-state index is 5.65. The van der Waals surface area contributed by atoms with Crippen LogP contribution in [0.15, 0.2) is 0 Å². The van der Waals surface area contributed by atoms with Crippen molar-refractivity contribution >= 4 is 0 Å². The van der Waals surface area contributed by atoms with Crippen LogP contribution in [0.5, 0.6) is 0 Å². The monoisotopic (exact) mass is 240 g/mol. The van der Waals surface area contributed by atoms with Crippen molar-refractivity contribution in [3.05, 3.63) is 0 Å². The Labute approximate surface area is 106 Å². The number of unbranched alkanes of at least 4 members (excludes halogenated alkanes) is 1. The van der Waals surface area contributed by atoms with Gasteiger partial charge in [0.15, 0.2) is 0 Å². The second-order valence-electron chi connectivity index (χ2n) is 5.51. The fourth-order valence-corrected chi connectivity index (χ4v) is 2.85. The van der Waals surface area contributed by atoms with Gasteiger partial charge in [-0.1, -0.05) is 13.3 Å². The third-order valence-electron chi connectivity index (χ3n) is 4.07. The molecule has 2 heterocycles. The van der Waals surface area contributed by atoms with Gasteiger partial charge in [-0.05, 0) is 51.7 Å². The molecule has 2 saturated heterocycles. The molecule has 0 aromatic carbocycles. The lowest BCUT2D eigenvalue weighted by Crippen LogP contribution is -2.44. The smallest absolute Gasteiger partial charge is 0.0700 e. The molecule has 3 nitrogen and oxygen atoms in total. The molecule has 1 atom stereocenters. The molecular weight excluding hydrogens is 212 g/mol. The zero-order valence-electron chi connectivity index (χ0n) is 11.3. The molecule has 3 heteroatoms. The van der Waals surface area contributed by atoms with Gasteiger partial charge in [0.2, 0.25) is 0 Å². The van der Waals surface area contributed by atoms with Gasteiger partial charge in [-0.3, -0.25) is 0 Å². The number of hydrogen-bond acceptors (Lipinski definition) is 3. The van der Waals surface area contributed by atoms with Crippen molar-refractivity contribution < 1.29 is 4.74 Å². The highest BCUT2D eigenvalue weighted by Crippen LogP contribution is 2.14. The molecule has 0 aromatic rings. The summed E-state index contributed by atoms with van der Waals surface area (Å²) in [5.41, 5.74) is 0. The van der Waals surface area contributed by atoms with Crippen molar-refractivity contribution in [1.29, 1.82) is 0 Å². The molecule has 2 aliphatic rings. The van der Waals surface area contributed by atoms with Gasteiger partial charge < -0.3 is 15.0 Å². The van der Waals surface area contributed by atoms with E-state index in [4.69, 9.17) is 4.74 Å². The molecule has 0 amide bonds. The lowest BCUT2D eigenvalue weighted by atomic mass is 10.0. The Morgan fingerprint density at radius 3 is 2.71 bits per heavy atom. The van der Waals surface area contributed by atoms with Crippen LogP contribution in [-0.2, 0) is 4.74 Å². The highest BCUT2D eigenvalue weighted by atomic mass is 16.5. The summed E-state index contributed by atoms with van der Waals surface area (Å²) in [7, 11) is 0. The molecule has 0 aliphatic carbocycles. The number of likely N-dealkylation sites (tertiary alicyclic amines) is 1. The van der Waals surface area contributed by atoms with Gasteiger partial charge in [0.05, 0.1) is 6.10 Å². The zero-order valence-corrected chi connectivity index (χ0v) is 11.3. The van der Waals surface area contributed by atoms with E-state index in [0.717, 1.165) is 19.2 Å². The minimum Gasteiger partial charge on any atom is -0.377 e. The molecular formula is C14H28N2O. The molecule has 0 radical (unpaired) electrons. The van der Waals surface area contributed by atoms with Crippen LogP contribution in [0.1, 0.15) is 45.4 Å². The highest BCUT2D eigenvalue weighted by Gasteiger charge is 2.21. The summed E-state index contributed by atoms with van der Waals surface area (Å²) in [5, 5.41) is 3.69. The van der Waals surface area contributed by atoms with Crippen molar-refractivity contribution in [2.45, 2.75) is 57.6 Å². The van der Waals surface area contributed by atoms with Gasteiger partial charge in [0.1, 0.15) is 0 Å². The molecule has 0 aromatic heterocycles. The summed E-state index contributed by atoms with van der Waals surface area (Å²) < 4.78 is 5.65. The van der Waals surface area contributed by atoms with Crippen LogP contribution >= 0.6 is 0 Å². The fraction of sp³-hybridized carbons (Fsp3) is 1.00. The molecule has 100 valence electrons. The molecule has 2 aliphatic heterocycles. The second-order valence-corrected chi connectivity index (χ2v) is 5.51. The van der Waals surface area contributed by atoms with Crippen LogP contribution < -0.4 is 5.32 Å². The largest absolute Gasteiger partial charge is 0.377 e.